The number of hydrogen-bond donors (Lipinski definition) is 1. The van der Waals surface area contributed by atoms with Crippen molar-refractivity contribution in [3.05, 3.63) is 47.8 Å². The van der Waals surface area contributed by atoms with E-state index in [1.165, 1.54) is 0 Å². The van der Waals surface area contributed by atoms with E-state index in [1.54, 1.807) is 43.6 Å². The molecule has 0 saturated carbocycles. The third kappa shape index (κ3) is 4.81. The quantitative estimate of drug-likeness (QED) is 0.816. The number of benzene rings is 1. The van der Waals surface area contributed by atoms with Crippen LogP contribution in [0.25, 0.3) is 0 Å². The number of carbonyl (C=O) groups is 2. The number of carbonyl (C=O) groups excluding carboxylic acids is 2. The normalized spacial score (nSPS) is 14.7. The van der Waals surface area contributed by atoms with Crippen molar-refractivity contribution in [2.75, 3.05) is 29.9 Å². The van der Waals surface area contributed by atoms with Gasteiger partial charge in [-0.3, -0.25) is 4.79 Å². The van der Waals surface area contributed by atoms with Gasteiger partial charge in [0.25, 0.3) is 5.91 Å². The predicted molar refractivity (Wildman–Crippen MR) is 103 cm³/mol. The van der Waals surface area contributed by atoms with Crippen molar-refractivity contribution in [3.8, 4) is 0 Å². The molecule has 1 fully saturated rings. The van der Waals surface area contributed by atoms with Crippen molar-refractivity contribution in [2.45, 2.75) is 26.7 Å². The molecule has 3 rings (SSSR count). The Balaban J connectivity index is 1.60. The van der Waals surface area contributed by atoms with E-state index in [-0.39, 0.29) is 11.9 Å². The summed E-state index contributed by atoms with van der Waals surface area (Å²) in [6.07, 6.45) is 5.35. The lowest BCUT2D eigenvalue weighted by Gasteiger charge is -2.30. The molecular weight excluding hydrogens is 344 g/mol. The predicted octanol–water partition coefficient (Wildman–Crippen LogP) is 3.14. The van der Waals surface area contributed by atoms with E-state index in [2.05, 4.69) is 27.1 Å². The number of aromatic nitrogens is 2. The van der Waals surface area contributed by atoms with Crippen molar-refractivity contribution in [1.29, 1.82) is 0 Å². The number of nitrogens with one attached hydrogen (secondary N) is 1. The molecule has 1 aromatic heterocycles. The Labute approximate surface area is 158 Å². The lowest BCUT2D eigenvalue weighted by Crippen LogP contribution is -2.34. The fourth-order valence-corrected chi connectivity index (χ4v) is 2.92. The van der Waals surface area contributed by atoms with E-state index in [0.29, 0.717) is 29.4 Å². The van der Waals surface area contributed by atoms with Crippen LogP contribution in [0.1, 0.15) is 47.4 Å². The zero-order valence-electron chi connectivity index (χ0n) is 15.6. The molecule has 27 heavy (non-hydrogen) atoms. The highest BCUT2D eigenvalue weighted by Crippen LogP contribution is 2.20. The first-order valence-electron chi connectivity index (χ1n) is 9.22. The Morgan fingerprint density at radius 2 is 1.74 bits per heavy atom. The Hall–Kier alpha value is -2.96. The molecule has 7 heteroatoms. The van der Waals surface area contributed by atoms with Crippen LogP contribution in [0.3, 0.4) is 0 Å². The highest BCUT2D eigenvalue weighted by atomic mass is 16.5. The van der Waals surface area contributed by atoms with Gasteiger partial charge in [-0.05, 0) is 49.9 Å². The topological polar surface area (TPSA) is 84.4 Å². The first-order chi connectivity index (χ1) is 13.1. The molecule has 1 N–H and O–H groups in total. The van der Waals surface area contributed by atoms with Gasteiger partial charge in [-0.15, -0.1) is 0 Å². The Morgan fingerprint density at radius 1 is 1.11 bits per heavy atom. The van der Waals surface area contributed by atoms with Crippen molar-refractivity contribution in [1.82, 2.24) is 9.97 Å². The average molecular weight is 368 g/mol. The molecule has 0 unspecified atom stereocenters. The zero-order valence-corrected chi connectivity index (χ0v) is 15.6. The zero-order chi connectivity index (χ0) is 19.2. The summed E-state index contributed by atoms with van der Waals surface area (Å²) in [5.41, 5.74) is 1.42. The number of nitrogens with zero attached hydrogens (tertiary/aromatic N) is 3. The minimum atomic E-state index is -0.383. The summed E-state index contributed by atoms with van der Waals surface area (Å²) >= 11 is 0. The fourth-order valence-electron chi connectivity index (χ4n) is 2.92. The molecular formula is C20H24N4O3. The summed E-state index contributed by atoms with van der Waals surface area (Å²) in [5, 5.41) is 2.78. The van der Waals surface area contributed by atoms with Gasteiger partial charge in [-0.1, -0.05) is 6.92 Å². The second-order valence-corrected chi connectivity index (χ2v) is 6.69. The highest BCUT2D eigenvalue weighted by molar-refractivity contribution is 6.04. The van der Waals surface area contributed by atoms with Gasteiger partial charge in [0.1, 0.15) is 0 Å². The molecule has 0 aliphatic carbocycles. The van der Waals surface area contributed by atoms with Gasteiger partial charge in [0.2, 0.25) is 5.95 Å². The van der Waals surface area contributed by atoms with Crippen LogP contribution in [0.15, 0.2) is 36.7 Å². The van der Waals surface area contributed by atoms with Gasteiger partial charge in [-0.25, -0.2) is 14.8 Å². The second-order valence-electron chi connectivity index (χ2n) is 6.69. The van der Waals surface area contributed by atoms with E-state index < -0.39 is 0 Å². The standard InChI is InChI=1S/C20H24N4O3/c1-3-27-19(26)15-4-6-17(7-5-15)23-18(25)16-12-21-20(22-13-16)24-10-8-14(2)9-11-24/h4-7,12-14H,3,8-11H2,1-2H3,(H,23,25). The third-order valence-corrected chi connectivity index (χ3v) is 4.62. The van der Waals surface area contributed by atoms with Crippen LogP contribution in [0, 0.1) is 5.92 Å². The van der Waals surface area contributed by atoms with Crippen LogP contribution in [0.5, 0.6) is 0 Å². The van der Waals surface area contributed by atoms with Crippen LogP contribution in [-0.2, 0) is 4.74 Å². The first kappa shape index (κ1) is 18.8. The summed E-state index contributed by atoms with van der Waals surface area (Å²) in [7, 11) is 0. The summed E-state index contributed by atoms with van der Waals surface area (Å²) in [6, 6.07) is 6.55. The molecule has 1 aliphatic heterocycles. The van der Waals surface area contributed by atoms with Gasteiger partial charge in [0, 0.05) is 31.2 Å². The van der Waals surface area contributed by atoms with Crippen molar-refractivity contribution < 1.29 is 14.3 Å². The Kier molecular flexibility index (Phi) is 6.01. The Morgan fingerprint density at radius 3 is 2.33 bits per heavy atom. The SMILES string of the molecule is CCOC(=O)c1ccc(NC(=O)c2cnc(N3CCC(C)CC3)nc2)cc1. The maximum absolute atomic E-state index is 12.4. The third-order valence-electron chi connectivity index (χ3n) is 4.62. The molecule has 1 aromatic carbocycles. The molecule has 1 amide bonds. The van der Waals surface area contributed by atoms with Crippen LogP contribution in [-0.4, -0.2) is 41.5 Å². The smallest absolute Gasteiger partial charge is 0.338 e. The summed E-state index contributed by atoms with van der Waals surface area (Å²) in [6.45, 7) is 6.22. The lowest BCUT2D eigenvalue weighted by molar-refractivity contribution is 0.0526. The largest absolute Gasteiger partial charge is 0.462 e. The maximum atomic E-state index is 12.4. The van der Waals surface area contributed by atoms with Gasteiger partial charge >= 0.3 is 5.97 Å². The molecule has 0 atom stereocenters. The number of esters is 1. The minimum Gasteiger partial charge on any atom is -0.462 e. The van der Waals surface area contributed by atoms with Crippen LogP contribution in [0.2, 0.25) is 0 Å². The van der Waals surface area contributed by atoms with Crippen molar-refractivity contribution in [2.24, 2.45) is 5.92 Å². The van der Waals surface area contributed by atoms with E-state index in [9.17, 15) is 9.59 Å². The minimum absolute atomic E-state index is 0.294. The molecule has 1 aliphatic rings. The molecule has 0 bridgehead atoms. The molecule has 0 spiro atoms. The van der Waals surface area contributed by atoms with E-state index in [1.807, 2.05) is 0 Å². The van der Waals surface area contributed by atoms with E-state index in [0.717, 1.165) is 31.8 Å². The second kappa shape index (κ2) is 8.62. The Bertz CT molecular complexity index is 782. The molecule has 1 saturated heterocycles. The molecule has 2 aromatic rings. The number of hydrogen-bond acceptors (Lipinski definition) is 6. The lowest BCUT2D eigenvalue weighted by atomic mass is 10.00. The van der Waals surface area contributed by atoms with Gasteiger partial charge in [0.05, 0.1) is 17.7 Å². The van der Waals surface area contributed by atoms with Crippen LogP contribution >= 0.6 is 0 Å². The van der Waals surface area contributed by atoms with Crippen LogP contribution in [0.4, 0.5) is 11.6 Å². The van der Waals surface area contributed by atoms with Crippen LogP contribution < -0.4 is 10.2 Å². The highest BCUT2D eigenvalue weighted by Gasteiger charge is 2.18. The maximum Gasteiger partial charge on any atom is 0.338 e. The van der Waals surface area contributed by atoms with E-state index in [4.69, 9.17) is 4.74 Å². The number of anilines is 2. The van der Waals surface area contributed by atoms with Gasteiger partial charge in [-0.2, -0.15) is 0 Å². The molecule has 142 valence electrons. The molecule has 0 radical (unpaired) electrons. The summed E-state index contributed by atoms with van der Waals surface area (Å²) < 4.78 is 4.94. The number of piperidine rings is 1. The van der Waals surface area contributed by atoms with Crippen molar-refractivity contribution in [3.63, 3.8) is 0 Å². The first-order valence-corrected chi connectivity index (χ1v) is 9.22. The van der Waals surface area contributed by atoms with Crippen molar-refractivity contribution >= 4 is 23.5 Å². The number of amides is 1. The fraction of sp³-hybridized carbons (Fsp3) is 0.400. The van der Waals surface area contributed by atoms with Gasteiger partial charge in [0.15, 0.2) is 0 Å². The van der Waals surface area contributed by atoms with E-state index >= 15 is 0 Å². The summed E-state index contributed by atoms with van der Waals surface area (Å²) in [4.78, 5) is 34.8. The van der Waals surface area contributed by atoms with Gasteiger partial charge < -0.3 is 15.0 Å². The number of ether oxygens (including phenoxy) is 1. The average Bonchev–Trinajstić information content (AvgIpc) is 2.69. The monoisotopic (exact) mass is 368 g/mol. The molecule has 2 heterocycles. The summed E-state index contributed by atoms with van der Waals surface area (Å²) in [5.74, 6) is 0.725. The number of rotatable bonds is 5. The molecule has 7 nitrogen and oxygen atoms in total.